The minimum absolute atomic E-state index is 0.0585. The SMILES string of the molecule is CC(C)CCNC(=O)C(C)NCC1CCCC1O. The Hall–Kier alpha value is -0.610. The molecule has 0 aromatic carbocycles. The van der Waals surface area contributed by atoms with Crippen molar-refractivity contribution in [3.63, 3.8) is 0 Å². The summed E-state index contributed by atoms with van der Waals surface area (Å²) >= 11 is 0. The zero-order valence-corrected chi connectivity index (χ0v) is 11.9. The summed E-state index contributed by atoms with van der Waals surface area (Å²) in [6.45, 7) is 7.66. The number of carbonyl (C=O) groups is 1. The smallest absolute Gasteiger partial charge is 0.236 e. The van der Waals surface area contributed by atoms with E-state index in [9.17, 15) is 9.90 Å². The van der Waals surface area contributed by atoms with Gasteiger partial charge in [-0.2, -0.15) is 0 Å². The summed E-state index contributed by atoms with van der Waals surface area (Å²) in [6.07, 6.45) is 3.90. The fourth-order valence-corrected chi connectivity index (χ4v) is 2.31. The molecule has 18 heavy (non-hydrogen) atoms. The van der Waals surface area contributed by atoms with E-state index < -0.39 is 0 Å². The Morgan fingerprint density at radius 2 is 2.06 bits per heavy atom. The number of carbonyl (C=O) groups excluding carboxylic acids is 1. The Morgan fingerprint density at radius 1 is 1.33 bits per heavy atom. The Labute approximate surface area is 111 Å². The Balaban J connectivity index is 2.15. The van der Waals surface area contributed by atoms with Gasteiger partial charge in [0.25, 0.3) is 0 Å². The maximum Gasteiger partial charge on any atom is 0.236 e. The van der Waals surface area contributed by atoms with Gasteiger partial charge in [0, 0.05) is 13.1 Å². The summed E-state index contributed by atoms with van der Waals surface area (Å²) in [5.74, 6) is 0.987. The fraction of sp³-hybridized carbons (Fsp3) is 0.929. The van der Waals surface area contributed by atoms with Crippen LogP contribution in [0.4, 0.5) is 0 Å². The number of amides is 1. The van der Waals surface area contributed by atoms with Crippen molar-refractivity contribution in [1.82, 2.24) is 10.6 Å². The fourth-order valence-electron chi connectivity index (χ4n) is 2.31. The molecule has 4 nitrogen and oxygen atoms in total. The lowest BCUT2D eigenvalue weighted by Gasteiger charge is -2.19. The standard InChI is InChI=1S/C14H28N2O2/c1-10(2)7-8-15-14(18)11(3)16-9-12-5-4-6-13(12)17/h10-13,16-17H,4-9H2,1-3H3,(H,15,18). The molecule has 0 aromatic heterocycles. The highest BCUT2D eigenvalue weighted by Crippen LogP contribution is 2.24. The highest BCUT2D eigenvalue weighted by molar-refractivity contribution is 5.81. The molecular formula is C14H28N2O2. The topological polar surface area (TPSA) is 61.4 Å². The molecule has 1 saturated carbocycles. The van der Waals surface area contributed by atoms with E-state index in [-0.39, 0.29) is 18.1 Å². The number of hydrogen-bond acceptors (Lipinski definition) is 3. The van der Waals surface area contributed by atoms with Crippen LogP contribution < -0.4 is 10.6 Å². The normalized spacial score (nSPS) is 25.4. The molecule has 0 saturated heterocycles. The Morgan fingerprint density at radius 3 is 2.61 bits per heavy atom. The molecule has 3 N–H and O–H groups in total. The predicted octanol–water partition coefficient (Wildman–Crippen LogP) is 1.29. The first kappa shape index (κ1) is 15.4. The van der Waals surface area contributed by atoms with E-state index in [0.717, 1.165) is 38.8 Å². The van der Waals surface area contributed by atoms with Crippen LogP contribution in [0.25, 0.3) is 0 Å². The molecular weight excluding hydrogens is 228 g/mol. The van der Waals surface area contributed by atoms with Crippen LogP contribution >= 0.6 is 0 Å². The second kappa shape index (κ2) is 7.74. The summed E-state index contributed by atoms with van der Waals surface area (Å²) < 4.78 is 0. The number of aliphatic hydroxyl groups is 1. The largest absolute Gasteiger partial charge is 0.393 e. The number of rotatable bonds is 7. The van der Waals surface area contributed by atoms with Crippen molar-refractivity contribution in [2.75, 3.05) is 13.1 Å². The van der Waals surface area contributed by atoms with E-state index in [4.69, 9.17) is 0 Å². The molecule has 0 bridgehead atoms. The molecule has 1 fully saturated rings. The van der Waals surface area contributed by atoms with Crippen molar-refractivity contribution in [3.8, 4) is 0 Å². The molecule has 1 amide bonds. The maximum atomic E-state index is 11.8. The molecule has 0 aromatic rings. The molecule has 1 aliphatic carbocycles. The average Bonchev–Trinajstić information content (AvgIpc) is 2.71. The highest BCUT2D eigenvalue weighted by Gasteiger charge is 2.25. The summed E-state index contributed by atoms with van der Waals surface area (Å²) in [6, 6.07) is -0.176. The van der Waals surface area contributed by atoms with Gasteiger partial charge in [-0.05, 0) is 38.0 Å². The number of aliphatic hydroxyl groups excluding tert-OH is 1. The first-order chi connectivity index (χ1) is 8.50. The van der Waals surface area contributed by atoms with Gasteiger partial charge < -0.3 is 15.7 Å². The Kier molecular flexibility index (Phi) is 6.65. The van der Waals surface area contributed by atoms with Gasteiger partial charge in [-0.25, -0.2) is 0 Å². The van der Waals surface area contributed by atoms with Crippen LogP contribution in [0.2, 0.25) is 0 Å². The predicted molar refractivity (Wildman–Crippen MR) is 73.3 cm³/mol. The molecule has 0 radical (unpaired) electrons. The van der Waals surface area contributed by atoms with Gasteiger partial charge in [-0.3, -0.25) is 4.79 Å². The van der Waals surface area contributed by atoms with E-state index in [1.807, 2.05) is 6.92 Å². The van der Waals surface area contributed by atoms with Gasteiger partial charge >= 0.3 is 0 Å². The minimum atomic E-state index is -0.186. The van der Waals surface area contributed by atoms with Gasteiger partial charge in [0.2, 0.25) is 5.91 Å². The van der Waals surface area contributed by atoms with Crippen molar-refractivity contribution in [3.05, 3.63) is 0 Å². The molecule has 1 aliphatic rings. The van der Waals surface area contributed by atoms with Crippen LogP contribution in [0.5, 0.6) is 0 Å². The lowest BCUT2D eigenvalue weighted by atomic mass is 10.1. The molecule has 1 rings (SSSR count). The number of hydrogen-bond donors (Lipinski definition) is 3. The molecule has 106 valence electrons. The lowest BCUT2D eigenvalue weighted by Crippen LogP contribution is -2.45. The van der Waals surface area contributed by atoms with Crippen LogP contribution in [0.1, 0.15) is 46.5 Å². The Bertz CT molecular complexity index is 256. The zero-order chi connectivity index (χ0) is 13.5. The van der Waals surface area contributed by atoms with Crippen molar-refractivity contribution in [2.24, 2.45) is 11.8 Å². The first-order valence-corrected chi connectivity index (χ1v) is 7.20. The molecule has 0 aliphatic heterocycles. The summed E-state index contributed by atoms with van der Waals surface area (Å²) in [5, 5.41) is 15.9. The van der Waals surface area contributed by atoms with Gasteiger partial charge in [0.05, 0.1) is 12.1 Å². The summed E-state index contributed by atoms with van der Waals surface area (Å²) in [7, 11) is 0. The van der Waals surface area contributed by atoms with Crippen molar-refractivity contribution >= 4 is 5.91 Å². The second-order valence-electron chi connectivity index (χ2n) is 5.86. The van der Waals surface area contributed by atoms with E-state index in [0.29, 0.717) is 11.8 Å². The van der Waals surface area contributed by atoms with E-state index in [1.54, 1.807) is 0 Å². The van der Waals surface area contributed by atoms with Gasteiger partial charge in [-0.15, -0.1) is 0 Å². The first-order valence-electron chi connectivity index (χ1n) is 7.20. The monoisotopic (exact) mass is 256 g/mol. The third-order valence-corrected chi connectivity index (χ3v) is 3.72. The van der Waals surface area contributed by atoms with Gasteiger partial charge in [0.15, 0.2) is 0 Å². The molecule has 3 unspecified atom stereocenters. The third-order valence-electron chi connectivity index (χ3n) is 3.72. The van der Waals surface area contributed by atoms with Crippen molar-refractivity contribution < 1.29 is 9.90 Å². The molecule has 3 atom stereocenters. The molecule has 4 heteroatoms. The van der Waals surface area contributed by atoms with Crippen molar-refractivity contribution in [1.29, 1.82) is 0 Å². The van der Waals surface area contributed by atoms with Crippen LogP contribution in [0.3, 0.4) is 0 Å². The van der Waals surface area contributed by atoms with Gasteiger partial charge in [0.1, 0.15) is 0 Å². The second-order valence-corrected chi connectivity index (χ2v) is 5.86. The van der Waals surface area contributed by atoms with E-state index >= 15 is 0 Å². The molecule has 0 spiro atoms. The average molecular weight is 256 g/mol. The van der Waals surface area contributed by atoms with Crippen LogP contribution in [-0.4, -0.2) is 36.2 Å². The van der Waals surface area contributed by atoms with E-state index in [2.05, 4.69) is 24.5 Å². The highest BCUT2D eigenvalue weighted by atomic mass is 16.3. The van der Waals surface area contributed by atoms with E-state index in [1.165, 1.54) is 0 Å². The van der Waals surface area contributed by atoms with Crippen LogP contribution in [0.15, 0.2) is 0 Å². The van der Waals surface area contributed by atoms with Crippen molar-refractivity contribution in [2.45, 2.75) is 58.6 Å². The van der Waals surface area contributed by atoms with Crippen LogP contribution in [0, 0.1) is 11.8 Å². The minimum Gasteiger partial charge on any atom is -0.393 e. The lowest BCUT2D eigenvalue weighted by molar-refractivity contribution is -0.122. The molecule has 0 heterocycles. The maximum absolute atomic E-state index is 11.8. The zero-order valence-electron chi connectivity index (χ0n) is 11.9. The summed E-state index contributed by atoms with van der Waals surface area (Å²) in [4.78, 5) is 11.8. The third kappa shape index (κ3) is 5.36. The quantitative estimate of drug-likeness (QED) is 0.643. The summed E-state index contributed by atoms with van der Waals surface area (Å²) in [5.41, 5.74) is 0. The number of nitrogens with one attached hydrogen (secondary N) is 2. The van der Waals surface area contributed by atoms with Gasteiger partial charge in [-0.1, -0.05) is 20.3 Å². The van der Waals surface area contributed by atoms with Crippen LogP contribution in [-0.2, 0) is 4.79 Å².